The fourth-order valence-corrected chi connectivity index (χ4v) is 4.41. The van der Waals surface area contributed by atoms with Gasteiger partial charge in [-0.05, 0) is 61.3 Å². The second kappa shape index (κ2) is 11.2. The summed E-state index contributed by atoms with van der Waals surface area (Å²) < 4.78 is 5.99. The first kappa shape index (κ1) is 22.4. The summed E-state index contributed by atoms with van der Waals surface area (Å²) in [5.41, 5.74) is 2.12. The van der Waals surface area contributed by atoms with Crippen molar-refractivity contribution >= 4 is 17.5 Å². The number of rotatable bonds is 8. The molecule has 1 aliphatic rings. The summed E-state index contributed by atoms with van der Waals surface area (Å²) in [6.07, 6.45) is 1.72. The van der Waals surface area contributed by atoms with Crippen molar-refractivity contribution in [1.29, 1.82) is 0 Å². The van der Waals surface area contributed by atoms with Crippen LogP contribution in [0.2, 0.25) is 5.02 Å². The molecule has 0 bridgehead atoms. The van der Waals surface area contributed by atoms with Gasteiger partial charge in [0, 0.05) is 10.9 Å². The molecule has 4 rings (SSSR count). The summed E-state index contributed by atoms with van der Waals surface area (Å²) in [7, 11) is 0. The van der Waals surface area contributed by atoms with Gasteiger partial charge in [-0.3, -0.25) is 4.79 Å². The summed E-state index contributed by atoms with van der Waals surface area (Å²) in [5, 5.41) is 4.05. The highest BCUT2D eigenvalue weighted by Crippen LogP contribution is 2.32. The standard InChI is InChI=1S/C27H29ClN2O2/c28-24-13-11-22(12-14-24)26(21-7-3-1-4-8-21)30(27(31)23-15-17-29-18-16-23)19-20-32-25-9-5-2-6-10-25/h1-14,23,26,29H,15-20H2. The van der Waals surface area contributed by atoms with Crippen LogP contribution in [0.15, 0.2) is 84.9 Å². The fourth-order valence-electron chi connectivity index (χ4n) is 4.28. The molecular weight excluding hydrogens is 420 g/mol. The highest BCUT2D eigenvalue weighted by atomic mass is 35.5. The average molecular weight is 449 g/mol. The van der Waals surface area contributed by atoms with E-state index in [4.69, 9.17) is 16.3 Å². The highest BCUT2D eigenvalue weighted by Gasteiger charge is 2.32. The van der Waals surface area contributed by atoms with Gasteiger partial charge in [-0.2, -0.15) is 0 Å². The van der Waals surface area contributed by atoms with E-state index in [1.165, 1.54) is 0 Å². The number of piperidine rings is 1. The smallest absolute Gasteiger partial charge is 0.226 e. The Morgan fingerprint density at radius 3 is 2.16 bits per heavy atom. The van der Waals surface area contributed by atoms with Crippen molar-refractivity contribution in [2.24, 2.45) is 5.92 Å². The maximum Gasteiger partial charge on any atom is 0.226 e. The molecule has 0 radical (unpaired) electrons. The van der Waals surface area contributed by atoms with Gasteiger partial charge in [0.25, 0.3) is 0 Å². The molecule has 1 N–H and O–H groups in total. The van der Waals surface area contributed by atoms with E-state index in [0.717, 1.165) is 42.8 Å². The zero-order valence-corrected chi connectivity index (χ0v) is 18.9. The predicted octanol–water partition coefficient (Wildman–Crippen LogP) is 5.34. The number of hydrogen-bond acceptors (Lipinski definition) is 3. The molecule has 1 fully saturated rings. The molecule has 0 saturated carbocycles. The van der Waals surface area contributed by atoms with E-state index < -0.39 is 0 Å². The predicted molar refractivity (Wildman–Crippen MR) is 129 cm³/mol. The van der Waals surface area contributed by atoms with Gasteiger partial charge in [-0.1, -0.05) is 72.3 Å². The van der Waals surface area contributed by atoms with Gasteiger partial charge in [0.1, 0.15) is 12.4 Å². The second-order valence-electron chi connectivity index (χ2n) is 8.08. The zero-order chi connectivity index (χ0) is 22.2. The molecule has 0 aliphatic carbocycles. The van der Waals surface area contributed by atoms with E-state index in [1.807, 2.05) is 77.7 Å². The van der Waals surface area contributed by atoms with Crippen molar-refractivity contribution in [3.8, 4) is 5.75 Å². The first-order chi connectivity index (χ1) is 15.7. The number of para-hydroxylation sites is 1. The van der Waals surface area contributed by atoms with Crippen molar-refractivity contribution in [3.63, 3.8) is 0 Å². The number of hydrogen-bond donors (Lipinski definition) is 1. The van der Waals surface area contributed by atoms with Crippen LogP contribution < -0.4 is 10.1 Å². The Kier molecular flexibility index (Phi) is 7.81. The van der Waals surface area contributed by atoms with Crippen LogP contribution in [-0.4, -0.2) is 37.0 Å². The molecule has 1 heterocycles. The lowest BCUT2D eigenvalue weighted by atomic mass is 9.92. The van der Waals surface area contributed by atoms with Crippen LogP contribution in [0.3, 0.4) is 0 Å². The number of halogens is 1. The molecule has 1 saturated heterocycles. The number of benzene rings is 3. The summed E-state index contributed by atoms with van der Waals surface area (Å²) in [6.45, 7) is 2.68. The van der Waals surface area contributed by atoms with Crippen LogP contribution in [0, 0.1) is 5.92 Å². The lowest BCUT2D eigenvalue weighted by Crippen LogP contribution is -2.44. The molecule has 3 aromatic carbocycles. The molecule has 4 nitrogen and oxygen atoms in total. The third-order valence-corrected chi connectivity index (χ3v) is 6.18. The lowest BCUT2D eigenvalue weighted by Gasteiger charge is -2.36. The summed E-state index contributed by atoms with van der Waals surface area (Å²) >= 11 is 6.17. The van der Waals surface area contributed by atoms with E-state index in [-0.39, 0.29) is 17.9 Å². The molecule has 0 spiro atoms. The summed E-state index contributed by atoms with van der Waals surface area (Å²) in [4.78, 5) is 15.8. The van der Waals surface area contributed by atoms with Crippen molar-refractivity contribution in [1.82, 2.24) is 10.2 Å². The van der Waals surface area contributed by atoms with Crippen molar-refractivity contribution < 1.29 is 9.53 Å². The van der Waals surface area contributed by atoms with Gasteiger partial charge < -0.3 is 15.0 Å². The third kappa shape index (κ3) is 5.70. The number of carbonyl (C=O) groups is 1. The van der Waals surface area contributed by atoms with Gasteiger partial charge in [0.15, 0.2) is 0 Å². The first-order valence-corrected chi connectivity index (χ1v) is 11.6. The molecule has 1 atom stereocenters. The van der Waals surface area contributed by atoms with E-state index in [9.17, 15) is 4.79 Å². The number of nitrogens with one attached hydrogen (secondary N) is 1. The van der Waals surface area contributed by atoms with Gasteiger partial charge in [0.2, 0.25) is 5.91 Å². The van der Waals surface area contributed by atoms with Crippen LogP contribution in [0.1, 0.15) is 30.0 Å². The normalized spacial score (nSPS) is 15.2. The molecule has 1 amide bonds. The Hall–Kier alpha value is -2.82. The number of nitrogens with zero attached hydrogens (tertiary/aromatic N) is 1. The van der Waals surface area contributed by atoms with E-state index in [2.05, 4.69) is 17.4 Å². The Bertz CT molecular complexity index is 974. The molecule has 0 aromatic heterocycles. The molecule has 1 aliphatic heterocycles. The van der Waals surface area contributed by atoms with Crippen LogP contribution >= 0.6 is 11.6 Å². The van der Waals surface area contributed by atoms with Crippen LogP contribution in [0.5, 0.6) is 5.75 Å². The Balaban J connectivity index is 1.64. The molecule has 3 aromatic rings. The summed E-state index contributed by atoms with van der Waals surface area (Å²) in [5.74, 6) is 1.02. The van der Waals surface area contributed by atoms with Gasteiger partial charge in [0.05, 0.1) is 12.6 Å². The van der Waals surface area contributed by atoms with Gasteiger partial charge in [-0.25, -0.2) is 0 Å². The van der Waals surface area contributed by atoms with Crippen molar-refractivity contribution in [2.45, 2.75) is 18.9 Å². The Morgan fingerprint density at radius 2 is 1.50 bits per heavy atom. The second-order valence-corrected chi connectivity index (χ2v) is 8.52. The highest BCUT2D eigenvalue weighted by molar-refractivity contribution is 6.30. The Morgan fingerprint density at radius 1 is 0.906 bits per heavy atom. The van der Waals surface area contributed by atoms with Crippen LogP contribution in [0.4, 0.5) is 0 Å². The fraction of sp³-hybridized carbons (Fsp3) is 0.296. The molecule has 5 heteroatoms. The molecular formula is C27H29ClN2O2. The number of ether oxygens (including phenoxy) is 1. The number of carbonyl (C=O) groups excluding carboxylic acids is 1. The van der Waals surface area contributed by atoms with E-state index in [0.29, 0.717) is 18.2 Å². The molecule has 1 unspecified atom stereocenters. The third-order valence-electron chi connectivity index (χ3n) is 5.93. The summed E-state index contributed by atoms with van der Waals surface area (Å²) in [6, 6.07) is 27.6. The SMILES string of the molecule is O=C(C1CCNCC1)N(CCOc1ccccc1)C(c1ccccc1)c1ccc(Cl)cc1. The minimum atomic E-state index is -0.199. The average Bonchev–Trinajstić information content (AvgIpc) is 2.86. The van der Waals surface area contributed by atoms with E-state index >= 15 is 0 Å². The minimum absolute atomic E-state index is 0.0199. The zero-order valence-electron chi connectivity index (χ0n) is 18.1. The topological polar surface area (TPSA) is 41.6 Å². The van der Waals surface area contributed by atoms with E-state index in [1.54, 1.807) is 0 Å². The van der Waals surface area contributed by atoms with Crippen LogP contribution in [-0.2, 0) is 4.79 Å². The first-order valence-electron chi connectivity index (χ1n) is 11.2. The van der Waals surface area contributed by atoms with Crippen molar-refractivity contribution in [2.75, 3.05) is 26.2 Å². The van der Waals surface area contributed by atoms with Crippen molar-refractivity contribution in [3.05, 3.63) is 101 Å². The quantitative estimate of drug-likeness (QED) is 0.506. The lowest BCUT2D eigenvalue weighted by molar-refractivity contribution is -0.138. The maximum atomic E-state index is 13.8. The molecule has 32 heavy (non-hydrogen) atoms. The monoisotopic (exact) mass is 448 g/mol. The van der Waals surface area contributed by atoms with Gasteiger partial charge >= 0.3 is 0 Å². The largest absolute Gasteiger partial charge is 0.492 e. The minimum Gasteiger partial charge on any atom is -0.492 e. The molecule has 166 valence electrons. The maximum absolute atomic E-state index is 13.8. The number of amides is 1. The van der Waals surface area contributed by atoms with Gasteiger partial charge in [-0.15, -0.1) is 0 Å². The Labute approximate surface area is 195 Å². The van der Waals surface area contributed by atoms with Crippen LogP contribution in [0.25, 0.3) is 0 Å².